The highest BCUT2D eigenvalue weighted by molar-refractivity contribution is 5.81. The van der Waals surface area contributed by atoms with Crippen LogP contribution in [0.4, 0.5) is 0 Å². The van der Waals surface area contributed by atoms with Crippen LogP contribution in [0.5, 0.6) is 0 Å². The molecule has 0 bridgehead atoms. The first-order chi connectivity index (χ1) is 7.27. The first kappa shape index (κ1) is 10.9. The molecule has 2 aliphatic heterocycles. The molecule has 1 unspecified atom stereocenters. The van der Waals surface area contributed by atoms with Crippen molar-refractivity contribution in [3.05, 3.63) is 0 Å². The molecule has 5 nitrogen and oxygen atoms in total. The van der Waals surface area contributed by atoms with Crippen molar-refractivity contribution in [3.8, 4) is 0 Å². The Morgan fingerprint density at radius 2 is 2.27 bits per heavy atom. The zero-order chi connectivity index (χ0) is 10.7. The van der Waals surface area contributed by atoms with E-state index in [1.54, 1.807) is 4.90 Å². The largest absolute Gasteiger partial charge is 0.376 e. The van der Waals surface area contributed by atoms with Crippen LogP contribution < -0.4 is 5.73 Å². The monoisotopic (exact) mass is 214 g/mol. The van der Waals surface area contributed by atoms with E-state index < -0.39 is 6.10 Å². The van der Waals surface area contributed by atoms with Crippen molar-refractivity contribution in [2.75, 3.05) is 32.9 Å². The SMILES string of the molecule is N[C@@H]1CCCN(C(=O)C2COCCO2)C1. The van der Waals surface area contributed by atoms with E-state index in [1.807, 2.05) is 0 Å². The fraction of sp³-hybridized carbons (Fsp3) is 0.900. The van der Waals surface area contributed by atoms with Gasteiger partial charge in [-0.3, -0.25) is 4.79 Å². The maximum absolute atomic E-state index is 12.0. The Kier molecular flexibility index (Phi) is 3.56. The van der Waals surface area contributed by atoms with Crippen molar-refractivity contribution in [1.29, 1.82) is 0 Å². The van der Waals surface area contributed by atoms with Gasteiger partial charge in [0.05, 0.1) is 19.8 Å². The summed E-state index contributed by atoms with van der Waals surface area (Å²) < 4.78 is 10.6. The Balaban J connectivity index is 1.88. The summed E-state index contributed by atoms with van der Waals surface area (Å²) in [7, 11) is 0. The topological polar surface area (TPSA) is 64.8 Å². The van der Waals surface area contributed by atoms with E-state index in [-0.39, 0.29) is 11.9 Å². The molecule has 2 atom stereocenters. The summed E-state index contributed by atoms with van der Waals surface area (Å²) in [5, 5.41) is 0. The van der Waals surface area contributed by atoms with E-state index in [2.05, 4.69) is 0 Å². The second kappa shape index (κ2) is 4.92. The zero-order valence-electron chi connectivity index (χ0n) is 8.85. The number of piperidine rings is 1. The number of nitrogens with two attached hydrogens (primary N) is 1. The predicted octanol–water partition coefficient (Wildman–Crippen LogP) is -0.648. The smallest absolute Gasteiger partial charge is 0.254 e. The number of carbonyl (C=O) groups excluding carboxylic acids is 1. The van der Waals surface area contributed by atoms with Crippen LogP contribution in [0.1, 0.15) is 12.8 Å². The Morgan fingerprint density at radius 3 is 2.93 bits per heavy atom. The summed E-state index contributed by atoms with van der Waals surface area (Å²) in [6.45, 7) is 2.93. The molecule has 2 N–H and O–H groups in total. The van der Waals surface area contributed by atoms with Crippen LogP contribution in [0.3, 0.4) is 0 Å². The third kappa shape index (κ3) is 2.68. The molecular weight excluding hydrogens is 196 g/mol. The van der Waals surface area contributed by atoms with Gasteiger partial charge in [0.15, 0.2) is 6.10 Å². The number of carbonyl (C=O) groups is 1. The summed E-state index contributed by atoms with van der Waals surface area (Å²) in [6.07, 6.45) is 1.58. The average molecular weight is 214 g/mol. The first-order valence-corrected chi connectivity index (χ1v) is 5.51. The maximum atomic E-state index is 12.0. The van der Waals surface area contributed by atoms with Gasteiger partial charge in [-0.15, -0.1) is 0 Å². The van der Waals surface area contributed by atoms with Gasteiger partial charge in [0.2, 0.25) is 0 Å². The third-order valence-electron chi connectivity index (χ3n) is 2.86. The lowest BCUT2D eigenvalue weighted by Crippen LogP contribution is -2.51. The van der Waals surface area contributed by atoms with Gasteiger partial charge in [-0.1, -0.05) is 0 Å². The van der Waals surface area contributed by atoms with Crippen LogP contribution in [-0.2, 0) is 14.3 Å². The molecule has 2 aliphatic rings. The maximum Gasteiger partial charge on any atom is 0.254 e. The van der Waals surface area contributed by atoms with Crippen LogP contribution in [0.15, 0.2) is 0 Å². The van der Waals surface area contributed by atoms with Crippen molar-refractivity contribution in [2.45, 2.75) is 25.0 Å². The first-order valence-electron chi connectivity index (χ1n) is 5.51. The number of hydrogen-bond donors (Lipinski definition) is 1. The van der Waals surface area contributed by atoms with E-state index in [9.17, 15) is 4.79 Å². The second-order valence-electron chi connectivity index (χ2n) is 4.12. The van der Waals surface area contributed by atoms with Crippen LogP contribution in [0.2, 0.25) is 0 Å². The van der Waals surface area contributed by atoms with Crippen molar-refractivity contribution in [2.24, 2.45) is 5.73 Å². The fourth-order valence-corrected chi connectivity index (χ4v) is 2.04. The van der Waals surface area contributed by atoms with Crippen LogP contribution >= 0.6 is 0 Å². The molecular formula is C10H18N2O3. The minimum absolute atomic E-state index is 0.0323. The molecule has 86 valence electrons. The van der Waals surface area contributed by atoms with E-state index in [0.717, 1.165) is 19.4 Å². The van der Waals surface area contributed by atoms with Crippen molar-refractivity contribution >= 4 is 5.91 Å². The minimum Gasteiger partial charge on any atom is -0.376 e. The molecule has 2 fully saturated rings. The lowest BCUT2D eigenvalue weighted by molar-refractivity contribution is -0.159. The molecule has 0 saturated carbocycles. The number of rotatable bonds is 1. The van der Waals surface area contributed by atoms with Gasteiger partial charge in [0.1, 0.15) is 0 Å². The highest BCUT2D eigenvalue weighted by Gasteiger charge is 2.29. The van der Waals surface area contributed by atoms with Gasteiger partial charge in [-0.05, 0) is 12.8 Å². The average Bonchev–Trinajstić information content (AvgIpc) is 2.29. The van der Waals surface area contributed by atoms with Crippen molar-refractivity contribution < 1.29 is 14.3 Å². The number of ether oxygens (including phenoxy) is 2. The third-order valence-corrected chi connectivity index (χ3v) is 2.86. The number of amides is 1. The van der Waals surface area contributed by atoms with E-state index in [0.29, 0.717) is 26.4 Å². The molecule has 2 rings (SSSR count). The van der Waals surface area contributed by atoms with Gasteiger partial charge in [-0.2, -0.15) is 0 Å². The van der Waals surface area contributed by atoms with Gasteiger partial charge >= 0.3 is 0 Å². The normalized spacial score (nSPS) is 32.7. The van der Waals surface area contributed by atoms with E-state index >= 15 is 0 Å². The summed E-state index contributed by atoms with van der Waals surface area (Å²) in [5.74, 6) is 0.0323. The summed E-state index contributed by atoms with van der Waals surface area (Å²) in [4.78, 5) is 13.8. The summed E-state index contributed by atoms with van der Waals surface area (Å²) in [6, 6.07) is 0.118. The van der Waals surface area contributed by atoms with Crippen molar-refractivity contribution in [1.82, 2.24) is 4.90 Å². The summed E-state index contributed by atoms with van der Waals surface area (Å²) >= 11 is 0. The molecule has 2 saturated heterocycles. The molecule has 1 amide bonds. The number of nitrogens with zero attached hydrogens (tertiary/aromatic N) is 1. The predicted molar refractivity (Wildman–Crippen MR) is 54.3 cm³/mol. The van der Waals surface area contributed by atoms with Gasteiger partial charge in [0, 0.05) is 19.1 Å². The fourth-order valence-electron chi connectivity index (χ4n) is 2.04. The molecule has 0 aromatic rings. The number of hydrogen-bond acceptors (Lipinski definition) is 4. The Hall–Kier alpha value is -0.650. The van der Waals surface area contributed by atoms with E-state index in [4.69, 9.17) is 15.2 Å². The lowest BCUT2D eigenvalue weighted by Gasteiger charge is -2.34. The highest BCUT2D eigenvalue weighted by atomic mass is 16.6. The molecule has 0 radical (unpaired) electrons. The van der Waals surface area contributed by atoms with Gasteiger partial charge in [-0.25, -0.2) is 0 Å². The highest BCUT2D eigenvalue weighted by Crippen LogP contribution is 2.12. The quantitative estimate of drug-likeness (QED) is 0.630. The van der Waals surface area contributed by atoms with E-state index in [1.165, 1.54) is 0 Å². The molecule has 2 heterocycles. The lowest BCUT2D eigenvalue weighted by atomic mass is 10.1. The van der Waals surface area contributed by atoms with Crippen LogP contribution in [-0.4, -0.2) is 55.9 Å². The Morgan fingerprint density at radius 1 is 1.40 bits per heavy atom. The molecule has 15 heavy (non-hydrogen) atoms. The van der Waals surface area contributed by atoms with Gasteiger partial charge in [0.25, 0.3) is 5.91 Å². The van der Waals surface area contributed by atoms with Crippen molar-refractivity contribution in [3.63, 3.8) is 0 Å². The van der Waals surface area contributed by atoms with Crippen LogP contribution in [0.25, 0.3) is 0 Å². The number of likely N-dealkylation sites (tertiary alicyclic amines) is 1. The summed E-state index contributed by atoms with van der Waals surface area (Å²) in [5.41, 5.74) is 5.83. The van der Waals surface area contributed by atoms with Gasteiger partial charge < -0.3 is 20.1 Å². The standard InChI is InChI=1S/C10H18N2O3/c11-8-2-1-3-12(6-8)10(13)9-7-14-4-5-15-9/h8-9H,1-7,11H2/t8-,9?/m1/s1. The second-order valence-corrected chi connectivity index (χ2v) is 4.12. The van der Waals surface area contributed by atoms with Crippen LogP contribution in [0, 0.1) is 0 Å². The molecule has 5 heteroatoms. The minimum atomic E-state index is -0.413. The Labute approximate surface area is 89.5 Å². The molecule has 0 aliphatic carbocycles. The Bertz CT molecular complexity index is 229. The zero-order valence-corrected chi connectivity index (χ0v) is 8.85. The molecule has 0 aromatic heterocycles. The molecule has 0 aromatic carbocycles. The molecule has 0 spiro atoms.